The average molecular weight is 306 g/mol. The molecule has 3 atom stereocenters. The van der Waals surface area contributed by atoms with Gasteiger partial charge in [0.2, 0.25) is 5.79 Å². The molecule has 3 rings (SSSR count). The maximum atomic E-state index is 10.8. The summed E-state index contributed by atoms with van der Waals surface area (Å²) in [6, 6.07) is 0. The Balaban J connectivity index is 1.98. The molecule has 3 aliphatic rings. The summed E-state index contributed by atoms with van der Waals surface area (Å²) in [4.78, 5) is 0. The quantitative estimate of drug-likeness (QED) is 0.606. The normalized spacial score (nSPS) is 35.8. The number of hydrogen-bond acceptors (Lipinski definition) is 5. The Morgan fingerprint density at radius 2 is 1.91 bits per heavy atom. The van der Waals surface area contributed by atoms with Crippen molar-refractivity contribution in [3.63, 3.8) is 0 Å². The van der Waals surface area contributed by atoms with Crippen molar-refractivity contribution in [1.29, 1.82) is 0 Å². The minimum absolute atomic E-state index is 0.0503. The molecule has 1 unspecified atom stereocenters. The number of allylic oxidation sites excluding steroid dienone is 1. The first-order valence-electron chi connectivity index (χ1n) is 8.21. The lowest BCUT2D eigenvalue weighted by molar-refractivity contribution is -0.202. The third-order valence-electron chi connectivity index (χ3n) is 5.04. The van der Waals surface area contributed by atoms with Crippen LogP contribution < -0.4 is 11.5 Å². The van der Waals surface area contributed by atoms with E-state index in [1.54, 1.807) is 0 Å². The van der Waals surface area contributed by atoms with Crippen LogP contribution in [0.25, 0.3) is 0 Å². The minimum Gasteiger partial charge on any atom is -0.384 e. The van der Waals surface area contributed by atoms with Crippen molar-refractivity contribution in [2.45, 2.75) is 56.5 Å². The highest BCUT2D eigenvalue weighted by atomic mass is 16.6. The first kappa shape index (κ1) is 15.9. The summed E-state index contributed by atoms with van der Waals surface area (Å²) < 4.78 is 5.64. The molecule has 1 saturated carbocycles. The van der Waals surface area contributed by atoms with Gasteiger partial charge in [-0.15, -0.1) is 0 Å². The second-order valence-electron chi connectivity index (χ2n) is 6.46. The molecular weight excluding hydrogens is 280 g/mol. The third-order valence-corrected chi connectivity index (χ3v) is 5.04. The highest BCUT2D eigenvalue weighted by molar-refractivity contribution is 5.50. The molecule has 1 aliphatic heterocycles. The number of rotatable bonds is 2. The van der Waals surface area contributed by atoms with Crippen LogP contribution in [0.15, 0.2) is 34.4 Å². The average Bonchev–Trinajstić information content (AvgIpc) is 2.56. The fourth-order valence-electron chi connectivity index (χ4n) is 3.80. The molecule has 0 aromatic carbocycles. The molecule has 0 saturated heterocycles. The lowest BCUT2D eigenvalue weighted by Crippen LogP contribution is -2.51. The first-order valence-corrected chi connectivity index (χ1v) is 8.21. The third kappa shape index (κ3) is 2.68. The molecule has 0 aromatic rings. The van der Waals surface area contributed by atoms with E-state index in [1.165, 1.54) is 24.8 Å². The Hall–Kier alpha value is -0.980. The van der Waals surface area contributed by atoms with Crippen LogP contribution >= 0.6 is 0 Å². The van der Waals surface area contributed by atoms with Crippen molar-refractivity contribution in [3.05, 3.63) is 34.4 Å². The molecule has 2 aliphatic carbocycles. The van der Waals surface area contributed by atoms with Gasteiger partial charge in [-0.2, -0.15) is 0 Å². The van der Waals surface area contributed by atoms with Crippen LogP contribution in [0.5, 0.6) is 0 Å². The molecule has 0 spiro atoms. The summed E-state index contributed by atoms with van der Waals surface area (Å²) in [5.74, 6) is -1.54. The molecule has 22 heavy (non-hydrogen) atoms. The molecule has 1 fully saturated rings. The molecule has 1 heterocycles. The SMILES string of the molecule is NC[C@H]1CC2=C(C=CC(=C3CCCCC3)C2O)[C@@](O)(CN)O1. The number of aliphatic hydroxyl groups is 2. The van der Waals surface area contributed by atoms with Gasteiger partial charge < -0.3 is 26.4 Å². The van der Waals surface area contributed by atoms with Crippen LogP contribution in [0, 0.1) is 0 Å². The largest absolute Gasteiger partial charge is 0.384 e. The van der Waals surface area contributed by atoms with Crippen molar-refractivity contribution < 1.29 is 14.9 Å². The number of nitrogens with two attached hydrogens (primary N) is 2. The van der Waals surface area contributed by atoms with Crippen LogP contribution in [-0.4, -0.2) is 41.3 Å². The first-order chi connectivity index (χ1) is 10.6. The fraction of sp³-hybridized carbons (Fsp3) is 0.647. The Bertz CT molecular complexity index is 530. The summed E-state index contributed by atoms with van der Waals surface area (Å²) in [5, 5.41) is 21.5. The molecule has 0 amide bonds. The number of ether oxygens (including phenoxy) is 1. The Morgan fingerprint density at radius 1 is 1.18 bits per heavy atom. The Labute approximate surface area is 131 Å². The molecular formula is C17H26N2O3. The molecule has 0 aromatic heterocycles. The van der Waals surface area contributed by atoms with Gasteiger partial charge >= 0.3 is 0 Å². The van der Waals surface area contributed by atoms with E-state index in [1.807, 2.05) is 12.2 Å². The van der Waals surface area contributed by atoms with Crippen LogP contribution in [0.4, 0.5) is 0 Å². The van der Waals surface area contributed by atoms with Crippen LogP contribution in [0.1, 0.15) is 38.5 Å². The predicted octanol–water partition coefficient (Wildman–Crippen LogP) is 0.869. The standard InChI is InChI=1S/C17H26N2O3/c18-9-12-8-14-15(17(21,10-19)22-12)7-6-13(16(14)20)11-4-2-1-3-5-11/h6-7,12,16,20-21H,1-5,8-10,18-19H2/t12-,16?,17-/m1/s1. The zero-order valence-electron chi connectivity index (χ0n) is 12.9. The molecule has 5 heteroatoms. The van der Waals surface area contributed by atoms with Gasteiger partial charge in [-0.05, 0) is 43.3 Å². The maximum Gasteiger partial charge on any atom is 0.205 e. The summed E-state index contributed by atoms with van der Waals surface area (Å²) in [5.41, 5.74) is 15.2. The van der Waals surface area contributed by atoms with Crippen LogP contribution in [0.2, 0.25) is 0 Å². The fourth-order valence-corrected chi connectivity index (χ4v) is 3.80. The number of hydrogen-bond donors (Lipinski definition) is 4. The van der Waals surface area contributed by atoms with Crippen molar-refractivity contribution in [2.24, 2.45) is 11.5 Å². The van der Waals surface area contributed by atoms with Crippen molar-refractivity contribution in [1.82, 2.24) is 0 Å². The minimum atomic E-state index is -1.54. The Morgan fingerprint density at radius 3 is 2.55 bits per heavy atom. The van der Waals surface area contributed by atoms with Gasteiger partial charge in [0.05, 0.1) is 12.6 Å². The van der Waals surface area contributed by atoms with Crippen molar-refractivity contribution in [2.75, 3.05) is 13.1 Å². The molecule has 0 bridgehead atoms. The molecule has 0 radical (unpaired) electrons. The van der Waals surface area contributed by atoms with Gasteiger partial charge in [-0.25, -0.2) is 0 Å². The van der Waals surface area contributed by atoms with Gasteiger partial charge in [0.25, 0.3) is 0 Å². The Kier molecular flexibility index (Phi) is 4.52. The van der Waals surface area contributed by atoms with Crippen molar-refractivity contribution >= 4 is 0 Å². The lowest BCUT2D eigenvalue weighted by atomic mass is 9.78. The van der Waals surface area contributed by atoms with E-state index >= 15 is 0 Å². The maximum absolute atomic E-state index is 10.8. The van der Waals surface area contributed by atoms with Crippen molar-refractivity contribution in [3.8, 4) is 0 Å². The highest BCUT2D eigenvalue weighted by Gasteiger charge is 2.43. The van der Waals surface area contributed by atoms with Crippen LogP contribution in [-0.2, 0) is 4.74 Å². The monoisotopic (exact) mass is 306 g/mol. The van der Waals surface area contributed by atoms with E-state index < -0.39 is 11.9 Å². The molecule has 6 N–H and O–H groups in total. The second kappa shape index (κ2) is 6.26. The van der Waals surface area contributed by atoms with E-state index in [0.29, 0.717) is 18.5 Å². The van der Waals surface area contributed by atoms with Gasteiger partial charge in [0.1, 0.15) is 6.10 Å². The van der Waals surface area contributed by atoms with E-state index in [0.717, 1.165) is 24.0 Å². The van der Waals surface area contributed by atoms with Gasteiger partial charge in [-0.3, -0.25) is 0 Å². The van der Waals surface area contributed by atoms with E-state index in [4.69, 9.17) is 16.2 Å². The summed E-state index contributed by atoms with van der Waals surface area (Å²) in [6.07, 6.45) is 9.08. The topological polar surface area (TPSA) is 102 Å². The lowest BCUT2D eigenvalue weighted by Gasteiger charge is -2.42. The zero-order valence-corrected chi connectivity index (χ0v) is 12.9. The van der Waals surface area contributed by atoms with E-state index in [-0.39, 0.29) is 12.6 Å². The summed E-state index contributed by atoms with van der Waals surface area (Å²) in [7, 11) is 0. The summed E-state index contributed by atoms with van der Waals surface area (Å²) in [6.45, 7) is 0.243. The van der Waals surface area contributed by atoms with Gasteiger partial charge in [-0.1, -0.05) is 24.1 Å². The summed E-state index contributed by atoms with van der Waals surface area (Å²) >= 11 is 0. The second-order valence-corrected chi connectivity index (χ2v) is 6.46. The molecule has 122 valence electrons. The van der Waals surface area contributed by atoms with Gasteiger partial charge in [0, 0.05) is 12.1 Å². The molecule has 5 nitrogen and oxygen atoms in total. The van der Waals surface area contributed by atoms with Crippen LogP contribution in [0.3, 0.4) is 0 Å². The smallest absolute Gasteiger partial charge is 0.205 e. The predicted molar refractivity (Wildman–Crippen MR) is 84.8 cm³/mol. The zero-order chi connectivity index (χ0) is 15.7. The van der Waals surface area contributed by atoms with Gasteiger partial charge in [0.15, 0.2) is 0 Å². The number of aliphatic hydroxyl groups excluding tert-OH is 1. The van der Waals surface area contributed by atoms with E-state index in [9.17, 15) is 10.2 Å². The highest BCUT2D eigenvalue weighted by Crippen LogP contribution is 2.41. The van der Waals surface area contributed by atoms with E-state index in [2.05, 4.69) is 0 Å².